The molecule has 7 nitrogen and oxygen atoms in total. The Hall–Kier alpha value is -2.65. The van der Waals surface area contributed by atoms with E-state index in [1.165, 1.54) is 34.6 Å². The Kier molecular flexibility index (Phi) is 6.71. The van der Waals surface area contributed by atoms with Gasteiger partial charge < -0.3 is 14.4 Å². The van der Waals surface area contributed by atoms with Crippen LogP contribution in [-0.4, -0.2) is 62.9 Å². The summed E-state index contributed by atoms with van der Waals surface area (Å²) in [7, 11) is -3.64. The molecule has 2 aromatic carbocycles. The third-order valence-corrected chi connectivity index (χ3v) is 6.44. The summed E-state index contributed by atoms with van der Waals surface area (Å²) >= 11 is 0. The maximum absolute atomic E-state index is 13.2. The van der Waals surface area contributed by atoms with Crippen LogP contribution >= 0.6 is 0 Å². The first-order valence-corrected chi connectivity index (χ1v) is 10.7. The SMILES string of the molecule is CCOc1ccc(S(=O)(=O)N2CCN(C(=O)COc3cccc(F)c3)CC2)cc1. The minimum Gasteiger partial charge on any atom is -0.494 e. The number of benzene rings is 2. The fraction of sp³-hybridized carbons (Fsp3) is 0.350. The van der Waals surface area contributed by atoms with Gasteiger partial charge in [0.1, 0.15) is 17.3 Å². The van der Waals surface area contributed by atoms with Gasteiger partial charge in [0, 0.05) is 32.2 Å². The van der Waals surface area contributed by atoms with E-state index in [-0.39, 0.29) is 49.3 Å². The van der Waals surface area contributed by atoms with E-state index in [1.807, 2.05) is 6.92 Å². The molecule has 0 radical (unpaired) electrons. The number of hydrogen-bond donors (Lipinski definition) is 0. The molecule has 1 heterocycles. The van der Waals surface area contributed by atoms with Crippen molar-refractivity contribution in [2.24, 2.45) is 0 Å². The van der Waals surface area contributed by atoms with Crippen molar-refractivity contribution in [3.8, 4) is 11.5 Å². The Morgan fingerprint density at radius 1 is 1.00 bits per heavy atom. The monoisotopic (exact) mass is 422 g/mol. The third-order valence-electron chi connectivity index (χ3n) is 4.52. The molecule has 1 amide bonds. The summed E-state index contributed by atoms with van der Waals surface area (Å²) in [6.45, 7) is 3.06. The van der Waals surface area contributed by atoms with Crippen molar-refractivity contribution in [2.75, 3.05) is 39.4 Å². The van der Waals surface area contributed by atoms with Gasteiger partial charge in [-0.15, -0.1) is 0 Å². The highest BCUT2D eigenvalue weighted by molar-refractivity contribution is 7.89. The number of rotatable bonds is 7. The second-order valence-corrected chi connectivity index (χ2v) is 8.37. The van der Waals surface area contributed by atoms with Crippen molar-refractivity contribution in [3.63, 3.8) is 0 Å². The molecule has 1 fully saturated rings. The van der Waals surface area contributed by atoms with Crippen LogP contribution in [0, 0.1) is 5.82 Å². The zero-order valence-corrected chi connectivity index (χ0v) is 16.9. The van der Waals surface area contributed by atoms with E-state index in [4.69, 9.17) is 9.47 Å². The highest BCUT2D eigenvalue weighted by Gasteiger charge is 2.30. The molecular weight excluding hydrogens is 399 g/mol. The number of ether oxygens (including phenoxy) is 2. The number of amides is 1. The molecule has 0 aromatic heterocycles. The number of carbonyl (C=O) groups excluding carboxylic acids is 1. The van der Waals surface area contributed by atoms with Crippen LogP contribution in [0.1, 0.15) is 6.92 Å². The number of nitrogens with zero attached hydrogens (tertiary/aromatic N) is 2. The van der Waals surface area contributed by atoms with Gasteiger partial charge in [-0.1, -0.05) is 6.07 Å². The van der Waals surface area contributed by atoms with Gasteiger partial charge >= 0.3 is 0 Å². The molecule has 0 unspecified atom stereocenters. The first-order valence-electron chi connectivity index (χ1n) is 9.29. The first-order chi connectivity index (χ1) is 13.9. The summed E-state index contributed by atoms with van der Waals surface area (Å²) < 4.78 is 50.8. The predicted octanol–water partition coefficient (Wildman–Crippen LogP) is 2.14. The van der Waals surface area contributed by atoms with Gasteiger partial charge in [-0.3, -0.25) is 4.79 Å². The van der Waals surface area contributed by atoms with E-state index in [1.54, 1.807) is 23.1 Å². The van der Waals surface area contributed by atoms with Crippen LogP contribution in [0.4, 0.5) is 4.39 Å². The smallest absolute Gasteiger partial charge is 0.260 e. The molecule has 9 heteroatoms. The first kappa shape index (κ1) is 21.1. The third kappa shape index (κ3) is 5.24. The number of piperazine rings is 1. The molecular formula is C20H23FN2O5S. The Morgan fingerprint density at radius 2 is 1.69 bits per heavy atom. The average molecular weight is 422 g/mol. The number of sulfonamides is 1. The molecule has 29 heavy (non-hydrogen) atoms. The van der Waals surface area contributed by atoms with Crippen molar-refractivity contribution < 1.29 is 27.1 Å². The highest BCUT2D eigenvalue weighted by atomic mass is 32.2. The van der Waals surface area contributed by atoms with E-state index in [0.29, 0.717) is 12.4 Å². The van der Waals surface area contributed by atoms with Crippen LogP contribution < -0.4 is 9.47 Å². The van der Waals surface area contributed by atoms with Gasteiger partial charge in [-0.25, -0.2) is 12.8 Å². The molecule has 0 bridgehead atoms. The number of hydrogen-bond acceptors (Lipinski definition) is 5. The fourth-order valence-electron chi connectivity index (χ4n) is 2.99. The molecule has 3 rings (SSSR count). The van der Waals surface area contributed by atoms with Crippen molar-refractivity contribution in [2.45, 2.75) is 11.8 Å². The molecule has 2 aromatic rings. The second-order valence-electron chi connectivity index (χ2n) is 6.44. The lowest BCUT2D eigenvalue weighted by atomic mass is 10.3. The van der Waals surface area contributed by atoms with E-state index < -0.39 is 15.8 Å². The van der Waals surface area contributed by atoms with Crippen LogP contribution in [0.5, 0.6) is 11.5 Å². The van der Waals surface area contributed by atoms with E-state index in [2.05, 4.69) is 0 Å². The zero-order valence-electron chi connectivity index (χ0n) is 16.1. The van der Waals surface area contributed by atoms with E-state index in [9.17, 15) is 17.6 Å². The quantitative estimate of drug-likeness (QED) is 0.683. The minimum absolute atomic E-state index is 0.190. The van der Waals surface area contributed by atoms with Crippen LogP contribution in [0.15, 0.2) is 53.4 Å². The molecule has 0 aliphatic carbocycles. The zero-order chi connectivity index (χ0) is 20.9. The molecule has 1 aliphatic rings. The van der Waals surface area contributed by atoms with Gasteiger partial charge in [0.15, 0.2) is 6.61 Å². The fourth-order valence-corrected chi connectivity index (χ4v) is 4.42. The number of carbonyl (C=O) groups is 1. The summed E-state index contributed by atoms with van der Waals surface area (Å²) in [5, 5.41) is 0. The Labute approximate surface area is 169 Å². The molecule has 1 aliphatic heterocycles. The Morgan fingerprint density at radius 3 is 2.31 bits per heavy atom. The van der Waals surface area contributed by atoms with Crippen LogP contribution in [0.2, 0.25) is 0 Å². The van der Waals surface area contributed by atoms with E-state index >= 15 is 0 Å². The summed E-state index contributed by atoms with van der Waals surface area (Å²) in [5.74, 6) is 0.172. The predicted molar refractivity (Wildman–Crippen MR) is 105 cm³/mol. The summed E-state index contributed by atoms with van der Waals surface area (Å²) in [5.41, 5.74) is 0. The maximum atomic E-state index is 13.2. The lowest BCUT2D eigenvalue weighted by Gasteiger charge is -2.34. The minimum atomic E-state index is -3.64. The van der Waals surface area contributed by atoms with Crippen molar-refractivity contribution in [3.05, 3.63) is 54.3 Å². The topological polar surface area (TPSA) is 76.2 Å². The standard InChI is InChI=1S/C20H23FN2O5S/c1-2-27-17-6-8-19(9-7-17)29(25,26)23-12-10-22(11-13-23)20(24)15-28-18-5-3-4-16(21)14-18/h3-9,14H,2,10-13,15H2,1H3. The molecule has 1 saturated heterocycles. The molecule has 0 N–H and O–H groups in total. The van der Waals surface area contributed by atoms with Gasteiger partial charge in [0.25, 0.3) is 5.91 Å². The molecule has 0 saturated carbocycles. The van der Waals surface area contributed by atoms with Gasteiger partial charge in [0.05, 0.1) is 11.5 Å². The highest BCUT2D eigenvalue weighted by Crippen LogP contribution is 2.21. The lowest BCUT2D eigenvalue weighted by Crippen LogP contribution is -2.51. The van der Waals surface area contributed by atoms with Crippen molar-refractivity contribution in [1.29, 1.82) is 0 Å². The van der Waals surface area contributed by atoms with Crippen LogP contribution in [-0.2, 0) is 14.8 Å². The largest absolute Gasteiger partial charge is 0.494 e. The normalized spacial score (nSPS) is 15.2. The Balaban J connectivity index is 1.54. The van der Waals surface area contributed by atoms with E-state index in [0.717, 1.165) is 0 Å². The summed E-state index contributed by atoms with van der Waals surface area (Å²) in [6, 6.07) is 11.8. The maximum Gasteiger partial charge on any atom is 0.260 e. The van der Waals surface area contributed by atoms with Gasteiger partial charge in [-0.2, -0.15) is 4.31 Å². The van der Waals surface area contributed by atoms with Crippen molar-refractivity contribution in [1.82, 2.24) is 9.21 Å². The molecule has 0 atom stereocenters. The van der Waals surface area contributed by atoms with Crippen LogP contribution in [0.3, 0.4) is 0 Å². The van der Waals surface area contributed by atoms with Gasteiger partial charge in [0.2, 0.25) is 10.0 Å². The number of halogens is 1. The lowest BCUT2D eigenvalue weighted by molar-refractivity contribution is -0.134. The second kappa shape index (κ2) is 9.23. The summed E-state index contributed by atoms with van der Waals surface area (Å²) in [4.78, 5) is 14.0. The molecule has 0 spiro atoms. The Bertz CT molecular complexity index is 942. The van der Waals surface area contributed by atoms with Gasteiger partial charge in [-0.05, 0) is 43.3 Å². The summed E-state index contributed by atoms with van der Waals surface area (Å²) in [6.07, 6.45) is 0. The molecule has 156 valence electrons. The van der Waals surface area contributed by atoms with Crippen LogP contribution in [0.25, 0.3) is 0 Å². The average Bonchev–Trinajstić information content (AvgIpc) is 2.73. The van der Waals surface area contributed by atoms with Crippen molar-refractivity contribution >= 4 is 15.9 Å².